The van der Waals surface area contributed by atoms with Gasteiger partial charge in [0.2, 0.25) is 35.4 Å². The first-order valence-corrected chi connectivity index (χ1v) is 25.9. The number of rotatable bonds is 28. The predicted molar refractivity (Wildman–Crippen MR) is 284 cm³/mol. The van der Waals surface area contributed by atoms with Crippen LogP contribution in [-0.2, 0) is 79.7 Å². The first-order chi connectivity index (χ1) is 35.5. The predicted octanol–water partition coefficient (Wildman–Crippen LogP) is 4.36. The molecule has 22 nitrogen and oxygen atoms in total. The van der Waals surface area contributed by atoms with E-state index >= 15 is 0 Å². The number of aryl methyl sites for hydroxylation is 1. The van der Waals surface area contributed by atoms with Gasteiger partial charge in [-0.05, 0) is 105 Å². The molecule has 1 aromatic carbocycles. The van der Waals surface area contributed by atoms with Gasteiger partial charge < -0.3 is 60.0 Å². The van der Waals surface area contributed by atoms with Crippen LogP contribution in [0.15, 0.2) is 41.3 Å². The number of aromatic nitrogens is 1. The largest absolute Gasteiger partial charge is 0.460 e. The molecular formula is C55H87N7O15. The first kappa shape index (κ1) is 66.7. The number of hydrogen-bond donors (Lipinski definition) is 6. The van der Waals surface area contributed by atoms with Crippen molar-refractivity contribution in [3.05, 3.63) is 53.7 Å². The highest BCUT2D eigenvalue weighted by Crippen LogP contribution is 2.22. The van der Waals surface area contributed by atoms with E-state index in [0.29, 0.717) is 11.3 Å². The Labute approximate surface area is 454 Å². The molecule has 2 rings (SSSR count). The molecule has 6 atom stereocenters. The summed E-state index contributed by atoms with van der Waals surface area (Å²) < 4.78 is 32.6. The van der Waals surface area contributed by atoms with E-state index < -0.39 is 137 Å². The van der Waals surface area contributed by atoms with Gasteiger partial charge in [0.25, 0.3) is 0 Å². The smallest absolute Gasteiger partial charge is 0.308 e. The van der Waals surface area contributed by atoms with Crippen LogP contribution in [0.1, 0.15) is 152 Å². The van der Waals surface area contributed by atoms with Crippen LogP contribution < -0.4 is 31.9 Å². The van der Waals surface area contributed by atoms with E-state index in [9.17, 15) is 43.2 Å². The molecule has 77 heavy (non-hydrogen) atoms. The highest BCUT2D eigenvalue weighted by atomic mass is 16.7. The fourth-order valence-electron chi connectivity index (χ4n) is 7.73. The summed E-state index contributed by atoms with van der Waals surface area (Å²) in [7, 11) is 2.83. The van der Waals surface area contributed by atoms with Gasteiger partial charge in [-0.15, -0.1) is 0 Å². The minimum absolute atomic E-state index is 0.0902. The van der Waals surface area contributed by atoms with E-state index in [1.165, 1.54) is 26.8 Å². The summed E-state index contributed by atoms with van der Waals surface area (Å²) in [5.41, 5.74) is -2.31. The van der Waals surface area contributed by atoms with Crippen molar-refractivity contribution >= 4 is 53.4 Å². The number of nitrogens with one attached hydrogen (secondary N) is 6. The van der Waals surface area contributed by atoms with Crippen LogP contribution in [0.4, 0.5) is 0 Å². The first-order valence-electron chi connectivity index (χ1n) is 25.9. The molecule has 1 heterocycles. The Kier molecular flexibility index (Phi) is 25.9. The van der Waals surface area contributed by atoms with E-state index in [4.69, 9.17) is 28.1 Å². The molecule has 6 N–H and O–H groups in total. The van der Waals surface area contributed by atoms with Crippen molar-refractivity contribution in [2.75, 3.05) is 14.2 Å². The van der Waals surface area contributed by atoms with Crippen LogP contribution in [0.25, 0.3) is 0 Å². The number of benzene rings is 1. The third-order valence-electron chi connectivity index (χ3n) is 11.2. The second kappa shape index (κ2) is 29.9. The average Bonchev–Trinajstić information content (AvgIpc) is 3.80. The molecule has 0 radical (unpaired) electrons. The number of ether oxygens (including phenoxy) is 5. The van der Waals surface area contributed by atoms with Crippen LogP contribution in [0, 0.1) is 18.3 Å². The lowest BCUT2D eigenvalue weighted by Crippen LogP contribution is -2.62. The quantitative estimate of drug-likeness (QED) is 0.0392. The van der Waals surface area contributed by atoms with Crippen molar-refractivity contribution in [3.8, 4) is 0 Å². The monoisotopic (exact) mass is 1090 g/mol. The van der Waals surface area contributed by atoms with Gasteiger partial charge in [-0.2, -0.15) is 0 Å². The lowest BCUT2D eigenvalue weighted by Gasteiger charge is -2.34. The zero-order valence-corrected chi connectivity index (χ0v) is 48.3. The molecule has 0 aliphatic rings. The zero-order valence-electron chi connectivity index (χ0n) is 48.3. The van der Waals surface area contributed by atoms with Gasteiger partial charge in [0.05, 0.1) is 25.1 Å². The van der Waals surface area contributed by atoms with Crippen LogP contribution in [0.5, 0.6) is 0 Å². The van der Waals surface area contributed by atoms with Crippen molar-refractivity contribution in [1.29, 1.82) is 0 Å². The lowest BCUT2D eigenvalue weighted by molar-refractivity contribution is -0.158. The second-order valence-electron chi connectivity index (χ2n) is 23.5. The minimum Gasteiger partial charge on any atom is -0.460 e. The molecular weight excluding hydrogens is 999 g/mol. The summed E-state index contributed by atoms with van der Waals surface area (Å²) in [5, 5.41) is 16.4. The number of esters is 3. The van der Waals surface area contributed by atoms with Crippen molar-refractivity contribution in [2.45, 2.75) is 215 Å². The molecule has 0 aliphatic heterocycles. The molecule has 2 aromatic rings. The minimum atomic E-state index is -1.65. The molecule has 0 spiro atoms. The molecule has 0 saturated heterocycles. The number of amides is 6. The summed E-state index contributed by atoms with van der Waals surface area (Å²) in [4.78, 5) is 128. The van der Waals surface area contributed by atoms with Crippen LogP contribution in [-0.4, -0.2) is 132 Å². The molecule has 432 valence electrons. The Bertz CT molecular complexity index is 2290. The van der Waals surface area contributed by atoms with Crippen LogP contribution in [0.2, 0.25) is 0 Å². The normalized spacial score (nSPS) is 14.4. The number of hydrogen-bond acceptors (Lipinski definition) is 16. The summed E-state index contributed by atoms with van der Waals surface area (Å²) in [5.74, 6) is -6.77. The summed E-state index contributed by atoms with van der Waals surface area (Å²) in [6, 6.07) is -0.751. The van der Waals surface area contributed by atoms with Crippen LogP contribution in [0.3, 0.4) is 0 Å². The Hall–Kier alpha value is -6.42. The lowest BCUT2D eigenvalue weighted by atomic mass is 9.85. The van der Waals surface area contributed by atoms with E-state index in [2.05, 4.69) is 36.9 Å². The summed E-state index contributed by atoms with van der Waals surface area (Å²) in [6.45, 7) is 25.5. The molecule has 0 aliphatic carbocycles. The number of carbonyl (C=O) groups is 9. The van der Waals surface area contributed by atoms with Crippen molar-refractivity contribution in [2.24, 2.45) is 11.3 Å². The van der Waals surface area contributed by atoms with Crippen molar-refractivity contribution < 1.29 is 71.3 Å². The second-order valence-corrected chi connectivity index (χ2v) is 23.5. The molecule has 1 unspecified atom stereocenters. The molecule has 0 fully saturated rings. The summed E-state index contributed by atoms with van der Waals surface area (Å²) in [6.07, 6.45) is -0.191. The Balaban J connectivity index is 2.61. The number of nitrogens with zero attached hydrogens (tertiary/aromatic N) is 1. The topological polar surface area (TPSA) is 298 Å². The van der Waals surface area contributed by atoms with E-state index in [-0.39, 0.29) is 38.0 Å². The fraction of sp³-hybridized carbons (Fsp3) is 0.673. The fourth-order valence-corrected chi connectivity index (χ4v) is 7.73. The maximum atomic E-state index is 14.8. The highest BCUT2D eigenvalue weighted by molar-refractivity contribution is 5.98. The van der Waals surface area contributed by atoms with E-state index in [1.807, 2.05) is 26.8 Å². The van der Waals surface area contributed by atoms with E-state index in [0.717, 1.165) is 5.56 Å². The molecule has 1 aromatic heterocycles. The maximum Gasteiger partial charge on any atom is 0.308 e. The highest BCUT2D eigenvalue weighted by Gasteiger charge is 2.39. The Morgan fingerprint density at radius 1 is 0.571 bits per heavy atom. The van der Waals surface area contributed by atoms with Gasteiger partial charge in [0.15, 0.2) is 12.7 Å². The van der Waals surface area contributed by atoms with Gasteiger partial charge in [-0.25, -0.2) is 4.98 Å². The third kappa shape index (κ3) is 26.0. The van der Waals surface area contributed by atoms with Crippen LogP contribution >= 0.6 is 0 Å². The van der Waals surface area contributed by atoms with Crippen molar-refractivity contribution in [3.63, 3.8) is 0 Å². The summed E-state index contributed by atoms with van der Waals surface area (Å²) >= 11 is 0. The SMILES string of the molecule is COC(OC)C(Cc1cnco1)NC(=O)[C@H](CC(C)C)NC(=O)[C@@H](NC(=O)[C@H](Cc1ccccc1C)NC(=O)[C@H](CCC(=O)OC(C)(C)C)NC(=O)[C@H](CC(=O)OC(C)(C)C)NC(=O)CCC(=O)OC(C)(C)C)C(C)(C)C. The number of methoxy groups -OCH3 is 2. The number of oxazole rings is 1. The van der Waals surface area contributed by atoms with Gasteiger partial charge in [0, 0.05) is 39.9 Å². The van der Waals surface area contributed by atoms with Crippen molar-refractivity contribution in [1.82, 2.24) is 36.9 Å². The Morgan fingerprint density at radius 3 is 1.60 bits per heavy atom. The molecule has 0 saturated carbocycles. The van der Waals surface area contributed by atoms with Gasteiger partial charge >= 0.3 is 17.9 Å². The molecule has 0 bridgehead atoms. The average molecular weight is 1090 g/mol. The van der Waals surface area contributed by atoms with E-state index in [1.54, 1.807) is 101 Å². The van der Waals surface area contributed by atoms with Gasteiger partial charge in [-0.3, -0.25) is 43.2 Å². The van der Waals surface area contributed by atoms with Gasteiger partial charge in [0.1, 0.15) is 52.8 Å². The Morgan fingerprint density at radius 2 is 1.08 bits per heavy atom. The molecule has 6 amide bonds. The third-order valence-corrected chi connectivity index (χ3v) is 11.2. The standard InChI is InChI=1S/C55H87N7O15/c1-32(2)26-37(47(68)61-40(51(72-16)73-17)28-35-30-56-31-74-35)60-50(71)45(52(4,5)6)62-49(70)38(27-34-21-19-18-20-33(34)3)59-46(67)36(22-24-42(64)75-53(7,8)9)58-48(69)39(29-44(66)77-55(13,14)15)57-41(63)23-25-43(65)76-54(10,11)12/h18-21,30-32,36-40,45,51H,22-29H2,1-17H3,(H,57,63)(H,58,69)(H,59,67)(H,60,71)(H,61,68)(H,62,70)/t36-,37-,38-,39-,40?,45+/m0/s1. The van der Waals surface area contributed by atoms with Gasteiger partial charge in [-0.1, -0.05) is 58.9 Å². The zero-order chi connectivity index (χ0) is 58.6. The maximum absolute atomic E-state index is 14.8. The molecule has 22 heteroatoms. The number of carbonyl (C=O) groups excluding carboxylic acids is 9.